The third-order valence-corrected chi connectivity index (χ3v) is 20.3. The lowest BCUT2D eigenvalue weighted by atomic mass is 9.99. The highest BCUT2D eigenvalue weighted by Gasteiger charge is 2.33. The number of likely N-dealkylation sites (N-methyl/N-ethyl adjacent to an activating group) is 1. The number of Topliss-reactive ketones (excluding diaryl/α,β-unsaturated/α-hetero) is 5. The average molecular weight is 1210 g/mol. The van der Waals surface area contributed by atoms with E-state index in [1.54, 1.807) is 12.4 Å². The summed E-state index contributed by atoms with van der Waals surface area (Å²) in [6.07, 6.45) is 20.7. The molecular formula is C75H84N8O7. The summed E-state index contributed by atoms with van der Waals surface area (Å²) in [5.41, 5.74) is 16.8. The Labute approximate surface area is 525 Å². The van der Waals surface area contributed by atoms with Gasteiger partial charge < -0.3 is 32.8 Å². The summed E-state index contributed by atoms with van der Waals surface area (Å²) < 4.78 is 12.8. The fourth-order valence-electron chi connectivity index (χ4n) is 15.4. The molecule has 4 aromatic carbocycles. The molecular weight excluding hydrogens is 1120 g/mol. The van der Waals surface area contributed by atoms with E-state index in [4.69, 9.17) is 14.4 Å². The molecule has 0 saturated carbocycles. The van der Waals surface area contributed by atoms with Crippen molar-refractivity contribution in [2.24, 2.45) is 0 Å². The molecule has 15 nitrogen and oxygen atoms in total. The Morgan fingerprint density at radius 1 is 0.433 bits per heavy atom. The van der Waals surface area contributed by atoms with Crippen LogP contribution in [-0.4, -0.2) is 127 Å². The molecule has 0 atom stereocenters. The van der Waals surface area contributed by atoms with Gasteiger partial charge in [0.25, 0.3) is 0 Å². The van der Waals surface area contributed by atoms with Gasteiger partial charge in [0.15, 0.2) is 34.3 Å². The molecule has 1 aliphatic heterocycles. The van der Waals surface area contributed by atoms with Crippen LogP contribution in [0.15, 0.2) is 82.5 Å². The first-order chi connectivity index (χ1) is 43.8. The fourth-order valence-corrected chi connectivity index (χ4v) is 15.4. The highest BCUT2D eigenvalue weighted by molar-refractivity contribution is 6.23. The minimum atomic E-state index is -0.0414. The third kappa shape index (κ3) is 10.8. The minimum Gasteiger partial charge on any atom is -0.463 e. The highest BCUT2D eigenvalue weighted by Crippen LogP contribution is 2.44. The number of rotatable bonds is 13. The van der Waals surface area contributed by atoms with Crippen LogP contribution in [0.2, 0.25) is 0 Å². The molecule has 0 amide bonds. The van der Waals surface area contributed by atoms with E-state index < -0.39 is 0 Å². The molecule has 0 unspecified atom stereocenters. The lowest BCUT2D eigenvalue weighted by Gasteiger charge is -2.20. The molecule has 1 fully saturated rings. The van der Waals surface area contributed by atoms with Crippen molar-refractivity contribution < 1.29 is 28.4 Å². The Hall–Kier alpha value is -7.98. The molecule has 15 heteroatoms. The average Bonchev–Trinajstić information content (AvgIpc) is 1.58. The predicted octanol–water partition coefficient (Wildman–Crippen LogP) is 13.9. The normalized spacial score (nSPS) is 16.2. The molecule has 10 aromatic rings. The SMILES string of the molecule is CCCC.CCN(CC)CCn1c2ccc3c(c2c2c4c(cnc21)C(=O)CC4)CCC3=O.CN(C)CCCn1c2ccc3c(c2c2c4occc(=O)c4ccc21)CCC3=O.O=C1CCc2c1ccc1c2c2c3c(cnc2n1CCN1CCCCCC1)C(=O)CC3. The van der Waals surface area contributed by atoms with E-state index in [9.17, 15) is 28.8 Å². The van der Waals surface area contributed by atoms with Gasteiger partial charge in [-0.2, -0.15) is 0 Å². The first-order valence-corrected chi connectivity index (χ1v) is 33.5. The van der Waals surface area contributed by atoms with Crippen molar-refractivity contribution in [2.75, 3.05) is 59.9 Å². The number of pyridine rings is 2. The molecule has 7 heterocycles. The van der Waals surface area contributed by atoms with Gasteiger partial charge in [-0.05, 0) is 175 Å². The summed E-state index contributed by atoms with van der Waals surface area (Å²) in [5, 5.41) is 7.22. The van der Waals surface area contributed by atoms with Crippen LogP contribution in [0.4, 0.5) is 0 Å². The quantitative estimate of drug-likeness (QED) is 0.107. The van der Waals surface area contributed by atoms with Gasteiger partial charge in [-0.25, -0.2) is 9.97 Å². The Balaban J connectivity index is 0.000000120. The van der Waals surface area contributed by atoms with E-state index in [0.717, 1.165) is 196 Å². The topological polar surface area (TPSA) is 166 Å². The molecule has 0 spiro atoms. The van der Waals surface area contributed by atoms with Crippen molar-refractivity contribution in [1.29, 1.82) is 0 Å². The van der Waals surface area contributed by atoms with Crippen molar-refractivity contribution in [3.63, 3.8) is 0 Å². The summed E-state index contributed by atoms with van der Waals surface area (Å²) in [4.78, 5) is 90.9. The number of unbranched alkanes of at least 4 members (excludes halogenated alkanes) is 1. The second kappa shape index (κ2) is 25.7. The van der Waals surface area contributed by atoms with Gasteiger partial charge in [0, 0.05) is 144 Å². The molecule has 1 saturated heterocycles. The van der Waals surface area contributed by atoms with Crippen molar-refractivity contribution in [1.82, 2.24) is 38.4 Å². The zero-order valence-electron chi connectivity index (χ0n) is 53.5. The lowest BCUT2D eigenvalue weighted by Crippen LogP contribution is -2.28. The van der Waals surface area contributed by atoms with Crippen LogP contribution >= 0.6 is 0 Å². The maximum absolute atomic E-state index is 12.4. The Morgan fingerprint density at radius 2 is 0.867 bits per heavy atom. The van der Waals surface area contributed by atoms with E-state index in [1.807, 2.05) is 30.3 Å². The number of carbonyl (C=O) groups is 5. The maximum atomic E-state index is 12.4. The predicted molar refractivity (Wildman–Crippen MR) is 360 cm³/mol. The van der Waals surface area contributed by atoms with Crippen molar-refractivity contribution >= 4 is 106 Å². The van der Waals surface area contributed by atoms with Gasteiger partial charge in [-0.15, -0.1) is 0 Å². The van der Waals surface area contributed by atoms with E-state index in [1.165, 1.54) is 80.4 Å². The van der Waals surface area contributed by atoms with E-state index in [-0.39, 0.29) is 34.3 Å². The van der Waals surface area contributed by atoms with Crippen molar-refractivity contribution in [3.8, 4) is 0 Å². The molecule has 0 bridgehead atoms. The number of carbonyl (C=O) groups excluding carboxylic acids is 5. The highest BCUT2D eigenvalue weighted by atomic mass is 16.3. The van der Waals surface area contributed by atoms with Crippen LogP contribution in [0.25, 0.3) is 76.6 Å². The molecule has 5 aliphatic carbocycles. The number of hydrogen-bond acceptors (Lipinski definition) is 12. The molecule has 0 radical (unpaired) electrons. The van der Waals surface area contributed by atoms with Gasteiger partial charge in [0.05, 0.1) is 33.6 Å². The number of benzene rings is 4. The second-order valence-corrected chi connectivity index (χ2v) is 25.8. The standard InChI is InChI=1S/C25H27N3O2.C23H25N3O2.C23H22N2O3.C4H10/c29-21-9-6-17-16(21)5-8-20-23(17)24-18-7-10-22(30)19(18)15-26-25(24)28(20)14-13-27-11-3-1-2-4-12-27;1-3-25(4-2)11-12-26-18-8-5-14-15(6-9-19(14)27)21(18)22-16-7-10-20(28)17(16)13-24-23(22)26;1-24(2)11-3-12-25-17-7-4-14-15(6-9-19(14)26)21(17)22-18(25)8-5-16-20(27)10-13-28-23(16)22;1-3-4-2/h5,8,15H,1-4,6-7,9-14H2;5,8,13H,3-4,6-7,9-12H2,1-2H3;4-5,7-8,10,13H,3,6,9,11-12H2,1-2H3;3-4H2,1-2H3. The summed E-state index contributed by atoms with van der Waals surface area (Å²) in [7, 11) is 4.15. The van der Waals surface area contributed by atoms with Crippen LogP contribution in [0.5, 0.6) is 0 Å². The van der Waals surface area contributed by atoms with Crippen LogP contribution in [0.3, 0.4) is 0 Å². The lowest BCUT2D eigenvalue weighted by molar-refractivity contribution is 0.0986. The van der Waals surface area contributed by atoms with Crippen LogP contribution < -0.4 is 5.43 Å². The number of hydrogen-bond donors (Lipinski definition) is 0. The summed E-state index contributed by atoms with van der Waals surface area (Å²) in [6, 6.07) is 17.6. The number of ketones is 5. The molecule has 16 rings (SSSR count). The number of aromatic nitrogens is 5. The summed E-state index contributed by atoms with van der Waals surface area (Å²) in [5.74, 6) is 1.07. The maximum Gasteiger partial charge on any atom is 0.192 e. The summed E-state index contributed by atoms with van der Waals surface area (Å²) >= 11 is 0. The van der Waals surface area contributed by atoms with Gasteiger partial charge in [0.2, 0.25) is 0 Å². The fraction of sp³-hybridized carbons (Fsp3) is 0.440. The molecule has 466 valence electrons. The number of aryl methyl sites for hydroxylation is 6. The molecule has 90 heavy (non-hydrogen) atoms. The first kappa shape index (κ1) is 60.9. The summed E-state index contributed by atoms with van der Waals surface area (Å²) in [6.45, 7) is 18.7. The Morgan fingerprint density at radius 3 is 1.34 bits per heavy atom. The van der Waals surface area contributed by atoms with Crippen molar-refractivity contribution in [2.45, 2.75) is 156 Å². The molecule has 0 N–H and O–H groups in total. The zero-order chi connectivity index (χ0) is 62.5. The zero-order valence-corrected chi connectivity index (χ0v) is 53.5. The van der Waals surface area contributed by atoms with Gasteiger partial charge in [0.1, 0.15) is 16.9 Å². The second-order valence-electron chi connectivity index (χ2n) is 25.8. The first-order valence-electron chi connectivity index (χ1n) is 33.5. The largest absolute Gasteiger partial charge is 0.463 e. The third-order valence-electron chi connectivity index (χ3n) is 20.3. The minimum absolute atomic E-state index is 0.0414. The van der Waals surface area contributed by atoms with Crippen molar-refractivity contribution in [3.05, 3.63) is 139 Å². The number of fused-ring (bicyclic) bond motifs is 21. The van der Waals surface area contributed by atoms with Crippen LogP contribution in [0.1, 0.15) is 184 Å². The number of nitrogens with zero attached hydrogens (tertiary/aromatic N) is 8. The van der Waals surface area contributed by atoms with Crippen LogP contribution in [0, 0.1) is 0 Å². The van der Waals surface area contributed by atoms with E-state index >= 15 is 0 Å². The Kier molecular flexibility index (Phi) is 17.4. The monoisotopic (exact) mass is 1210 g/mol. The van der Waals surface area contributed by atoms with Gasteiger partial charge in [-0.1, -0.05) is 53.4 Å². The molecule has 6 aromatic heterocycles. The smallest absolute Gasteiger partial charge is 0.192 e. The number of likely N-dealkylation sites (tertiary alicyclic amines) is 1. The van der Waals surface area contributed by atoms with E-state index in [2.05, 4.69) is 88.4 Å². The molecule has 6 aliphatic rings. The van der Waals surface area contributed by atoms with Crippen LogP contribution in [-0.2, 0) is 51.7 Å². The van der Waals surface area contributed by atoms with Gasteiger partial charge >= 0.3 is 0 Å². The Bertz CT molecular complexity index is 4440. The van der Waals surface area contributed by atoms with E-state index in [0.29, 0.717) is 43.1 Å². The van der Waals surface area contributed by atoms with Gasteiger partial charge in [-0.3, -0.25) is 28.8 Å².